The van der Waals surface area contributed by atoms with Gasteiger partial charge in [0.15, 0.2) is 11.5 Å². The summed E-state index contributed by atoms with van der Waals surface area (Å²) in [6.45, 7) is 4.99. The zero-order valence-corrected chi connectivity index (χ0v) is 23.6. The lowest BCUT2D eigenvalue weighted by atomic mass is 9.88. The van der Waals surface area contributed by atoms with Crippen molar-refractivity contribution in [3.63, 3.8) is 0 Å². The number of rotatable bonds is 4. The van der Waals surface area contributed by atoms with Crippen molar-refractivity contribution in [3.05, 3.63) is 76.4 Å². The number of hydrogen-bond acceptors (Lipinski definition) is 7. The molecule has 0 radical (unpaired) electrons. The normalized spacial score (nSPS) is 19.5. The molecule has 0 saturated carbocycles. The van der Waals surface area contributed by atoms with E-state index in [-0.39, 0.29) is 50.3 Å². The molecule has 0 aliphatic carbocycles. The monoisotopic (exact) mass is 581 g/mol. The van der Waals surface area contributed by atoms with E-state index >= 15 is 0 Å². The molecule has 3 aromatic rings. The third kappa shape index (κ3) is 6.42. The minimum atomic E-state index is -1.05. The van der Waals surface area contributed by atoms with E-state index in [0.717, 1.165) is 23.0 Å². The Labute approximate surface area is 242 Å². The molecule has 1 saturated heterocycles. The van der Waals surface area contributed by atoms with Crippen LogP contribution in [0.5, 0.6) is 5.75 Å². The summed E-state index contributed by atoms with van der Waals surface area (Å²) in [5.41, 5.74) is 2.09. The molecular weight excluding hydrogens is 548 g/mol. The Hall–Kier alpha value is -4.35. The maximum Gasteiger partial charge on any atom is 0.275 e. The predicted molar refractivity (Wildman–Crippen MR) is 147 cm³/mol. The van der Waals surface area contributed by atoms with Crippen LogP contribution in [0.3, 0.4) is 0 Å². The number of nitrogens with zero attached hydrogens (tertiary/aromatic N) is 4. The first-order chi connectivity index (χ1) is 20.2. The van der Waals surface area contributed by atoms with Gasteiger partial charge in [-0.15, -0.1) is 0 Å². The Morgan fingerprint density at radius 2 is 1.90 bits per heavy atom. The second-order valence-electron chi connectivity index (χ2n) is 10.7. The number of hydrogen-bond donors (Lipinski definition) is 1. The zero-order valence-electron chi connectivity index (χ0n) is 23.6. The van der Waals surface area contributed by atoms with Gasteiger partial charge in [-0.3, -0.25) is 14.4 Å². The number of amides is 3. The standard InChI is InChI=1S/C30H33F2N5O5/c1-18-23(19(2)42-35-18)7-8-27(38)37-16-24-20-5-3-6-22(13-20)41-12-4-10-36(11-9-33-29(39)25(24)17-37)30(40)28-26(32)14-21(31)15-34-28/h3,5-6,13-15,24-25H,4,7-12,16-17H2,1-2H3,(H,33,39)/t24-,25+/m1/s1. The van der Waals surface area contributed by atoms with Crippen molar-refractivity contribution in [2.75, 3.05) is 39.3 Å². The lowest BCUT2D eigenvalue weighted by Gasteiger charge is -2.25. The molecule has 1 N–H and O–H groups in total. The summed E-state index contributed by atoms with van der Waals surface area (Å²) < 4.78 is 38.8. The van der Waals surface area contributed by atoms with Crippen LogP contribution >= 0.6 is 0 Å². The molecule has 222 valence electrons. The van der Waals surface area contributed by atoms with Crippen molar-refractivity contribution in [1.29, 1.82) is 0 Å². The first kappa shape index (κ1) is 29.2. The van der Waals surface area contributed by atoms with E-state index < -0.39 is 29.2 Å². The highest BCUT2D eigenvalue weighted by Crippen LogP contribution is 2.35. The van der Waals surface area contributed by atoms with Gasteiger partial charge in [-0.2, -0.15) is 0 Å². The predicted octanol–water partition coefficient (Wildman–Crippen LogP) is 3.18. The van der Waals surface area contributed by atoms with Gasteiger partial charge in [0.2, 0.25) is 11.8 Å². The summed E-state index contributed by atoms with van der Waals surface area (Å²) in [6, 6.07) is 8.10. The number of halogens is 2. The van der Waals surface area contributed by atoms with Crippen molar-refractivity contribution in [2.24, 2.45) is 5.92 Å². The van der Waals surface area contributed by atoms with E-state index in [0.29, 0.717) is 43.6 Å². The number of fused-ring (bicyclic) bond motifs is 4. The van der Waals surface area contributed by atoms with Gasteiger partial charge in [0.1, 0.15) is 17.3 Å². The fourth-order valence-electron chi connectivity index (χ4n) is 5.62. The molecule has 2 aromatic heterocycles. The molecular formula is C30H33F2N5O5. The van der Waals surface area contributed by atoms with Gasteiger partial charge in [-0.1, -0.05) is 17.3 Å². The highest BCUT2D eigenvalue weighted by Gasteiger charge is 2.40. The summed E-state index contributed by atoms with van der Waals surface area (Å²) in [5, 5.41) is 6.86. The van der Waals surface area contributed by atoms with E-state index in [2.05, 4.69) is 15.5 Å². The van der Waals surface area contributed by atoms with Crippen LogP contribution in [0.2, 0.25) is 0 Å². The quantitative estimate of drug-likeness (QED) is 0.503. The number of aryl methyl sites for hydroxylation is 2. The largest absolute Gasteiger partial charge is 0.494 e. The molecule has 2 bridgehead atoms. The van der Waals surface area contributed by atoms with Crippen LogP contribution < -0.4 is 10.1 Å². The minimum Gasteiger partial charge on any atom is -0.494 e. The number of ether oxygens (including phenoxy) is 1. The molecule has 12 heteroatoms. The molecule has 10 nitrogen and oxygen atoms in total. The fraction of sp³-hybridized carbons (Fsp3) is 0.433. The Morgan fingerprint density at radius 3 is 2.67 bits per heavy atom. The van der Waals surface area contributed by atoms with Gasteiger partial charge in [-0.05, 0) is 44.4 Å². The summed E-state index contributed by atoms with van der Waals surface area (Å²) in [5.74, 6) is -2.42. The van der Waals surface area contributed by atoms with Crippen LogP contribution in [0.25, 0.3) is 0 Å². The maximum absolute atomic E-state index is 14.3. The first-order valence-electron chi connectivity index (χ1n) is 14.0. The van der Waals surface area contributed by atoms with Crippen molar-refractivity contribution in [1.82, 2.24) is 25.3 Å². The Kier molecular flexibility index (Phi) is 8.79. The highest BCUT2D eigenvalue weighted by atomic mass is 19.1. The Bertz CT molecular complexity index is 1460. The number of nitrogens with one attached hydrogen (secondary N) is 1. The van der Waals surface area contributed by atoms with E-state index in [1.807, 2.05) is 38.1 Å². The van der Waals surface area contributed by atoms with Crippen LogP contribution in [0, 0.1) is 31.4 Å². The number of benzene rings is 1. The van der Waals surface area contributed by atoms with Gasteiger partial charge in [0.25, 0.3) is 5.91 Å². The molecule has 0 spiro atoms. The van der Waals surface area contributed by atoms with E-state index in [1.165, 1.54) is 4.90 Å². The summed E-state index contributed by atoms with van der Waals surface area (Å²) in [6.07, 6.45) is 1.99. The van der Waals surface area contributed by atoms with Gasteiger partial charge < -0.3 is 24.4 Å². The second-order valence-corrected chi connectivity index (χ2v) is 10.7. The number of aromatic nitrogens is 2. The van der Waals surface area contributed by atoms with Crippen molar-refractivity contribution < 1.29 is 32.4 Å². The average molecular weight is 582 g/mol. The molecule has 3 amide bonds. The molecule has 2 atom stereocenters. The summed E-state index contributed by atoms with van der Waals surface area (Å²) in [7, 11) is 0. The van der Waals surface area contributed by atoms with Crippen LogP contribution in [-0.4, -0.2) is 77.0 Å². The summed E-state index contributed by atoms with van der Waals surface area (Å²) >= 11 is 0. The SMILES string of the molecule is Cc1noc(C)c1CCC(=O)N1C[C@@H]2C(=O)NCCN(C(=O)c3ncc(F)cc3F)CCCOc3cccc(c3)[C@H]2C1. The minimum absolute atomic E-state index is 0.0637. The third-order valence-corrected chi connectivity index (χ3v) is 7.89. The molecule has 0 unspecified atom stereocenters. The van der Waals surface area contributed by atoms with Crippen molar-refractivity contribution in [3.8, 4) is 5.75 Å². The van der Waals surface area contributed by atoms with Crippen LogP contribution in [0.4, 0.5) is 8.78 Å². The smallest absolute Gasteiger partial charge is 0.275 e. The molecule has 2 aliphatic rings. The lowest BCUT2D eigenvalue weighted by Crippen LogP contribution is -2.42. The number of carbonyl (C=O) groups is 3. The van der Waals surface area contributed by atoms with E-state index in [1.54, 1.807) is 4.90 Å². The van der Waals surface area contributed by atoms with Gasteiger partial charge >= 0.3 is 0 Å². The number of carbonyl (C=O) groups excluding carboxylic acids is 3. The van der Waals surface area contributed by atoms with E-state index in [9.17, 15) is 23.2 Å². The summed E-state index contributed by atoms with van der Waals surface area (Å²) in [4.78, 5) is 46.6. The molecule has 1 aromatic carbocycles. The lowest BCUT2D eigenvalue weighted by molar-refractivity contribution is -0.130. The van der Waals surface area contributed by atoms with Crippen molar-refractivity contribution >= 4 is 17.7 Å². The maximum atomic E-state index is 14.3. The van der Waals surface area contributed by atoms with Gasteiger partial charge in [0.05, 0.1) is 24.4 Å². The molecule has 42 heavy (non-hydrogen) atoms. The van der Waals surface area contributed by atoms with Gasteiger partial charge in [0, 0.05) is 56.7 Å². The van der Waals surface area contributed by atoms with E-state index in [4.69, 9.17) is 9.26 Å². The van der Waals surface area contributed by atoms with Crippen LogP contribution in [0.1, 0.15) is 51.8 Å². The molecule has 5 rings (SSSR count). The average Bonchev–Trinajstić information content (AvgIpc) is 3.56. The van der Waals surface area contributed by atoms with Crippen molar-refractivity contribution in [2.45, 2.75) is 39.0 Å². The topological polar surface area (TPSA) is 118 Å². The Balaban J connectivity index is 1.32. The first-order valence-corrected chi connectivity index (χ1v) is 14.0. The molecule has 2 aliphatic heterocycles. The van der Waals surface area contributed by atoms with Crippen LogP contribution in [0.15, 0.2) is 41.1 Å². The van der Waals surface area contributed by atoms with Crippen LogP contribution in [-0.2, 0) is 16.0 Å². The highest BCUT2D eigenvalue weighted by molar-refractivity contribution is 5.92. The number of pyridine rings is 1. The number of likely N-dealkylation sites (tertiary alicyclic amines) is 1. The Morgan fingerprint density at radius 1 is 1.10 bits per heavy atom. The second kappa shape index (κ2) is 12.7. The molecule has 1 fully saturated rings. The fourth-order valence-corrected chi connectivity index (χ4v) is 5.62. The molecule has 4 heterocycles. The zero-order chi connectivity index (χ0) is 29.8. The van der Waals surface area contributed by atoms with Gasteiger partial charge in [-0.25, -0.2) is 13.8 Å². The third-order valence-electron chi connectivity index (χ3n) is 7.89.